The molecular formula is C20H18N6O. The summed E-state index contributed by atoms with van der Waals surface area (Å²) in [7, 11) is 0. The van der Waals surface area contributed by atoms with E-state index in [1.165, 1.54) is 0 Å². The van der Waals surface area contributed by atoms with E-state index in [4.69, 9.17) is 5.21 Å². The first-order valence-electron chi connectivity index (χ1n) is 8.48. The zero-order valence-corrected chi connectivity index (χ0v) is 15.0. The van der Waals surface area contributed by atoms with Gasteiger partial charge in [0.1, 0.15) is 5.82 Å². The number of rotatable bonds is 4. The number of para-hydroxylation sites is 2. The van der Waals surface area contributed by atoms with Gasteiger partial charge >= 0.3 is 0 Å². The molecule has 4 rings (SSSR count). The summed E-state index contributed by atoms with van der Waals surface area (Å²) < 4.78 is 1.98. The standard InChI is InChI=1S/C20H18N6O/c1-13(25-27)15-7-9-16(10-8-15)23-19-11-21-12-20(24-19)26-14(2)22-17-5-3-4-6-18(17)26/h3-12,27H,1-2H3,(H,23,24)/b25-13+. The molecule has 0 saturated heterocycles. The predicted molar refractivity (Wildman–Crippen MR) is 105 cm³/mol. The van der Waals surface area contributed by atoms with E-state index in [-0.39, 0.29) is 0 Å². The van der Waals surface area contributed by atoms with E-state index in [0.717, 1.165) is 28.1 Å². The summed E-state index contributed by atoms with van der Waals surface area (Å²) in [6.45, 7) is 3.70. The topological polar surface area (TPSA) is 88.2 Å². The molecule has 27 heavy (non-hydrogen) atoms. The van der Waals surface area contributed by atoms with Crippen LogP contribution in [0.1, 0.15) is 18.3 Å². The van der Waals surface area contributed by atoms with Gasteiger partial charge < -0.3 is 10.5 Å². The molecule has 0 aliphatic carbocycles. The van der Waals surface area contributed by atoms with E-state index in [9.17, 15) is 0 Å². The van der Waals surface area contributed by atoms with Gasteiger partial charge in [0, 0.05) is 5.69 Å². The molecule has 0 amide bonds. The minimum Gasteiger partial charge on any atom is -0.411 e. The van der Waals surface area contributed by atoms with Gasteiger partial charge in [-0.15, -0.1) is 0 Å². The molecule has 0 aliphatic rings. The summed E-state index contributed by atoms with van der Waals surface area (Å²) in [5.41, 5.74) is 4.19. The Hall–Kier alpha value is -3.74. The number of hydrogen-bond donors (Lipinski definition) is 2. The van der Waals surface area contributed by atoms with Crippen LogP contribution in [0.4, 0.5) is 11.5 Å². The molecule has 134 valence electrons. The van der Waals surface area contributed by atoms with E-state index < -0.39 is 0 Å². The SMILES string of the molecule is C/C(=N\O)c1ccc(Nc2cncc(-n3c(C)nc4ccccc43)n2)cc1. The zero-order chi connectivity index (χ0) is 18.8. The maximum Gasteiger partial charge on any atom is 0.159 e. The fourth-order valence-electron chi connectivity index (χ4n) is 2.96. The monoisotopic (exact) mass is 358 g/mol. The highest BCUT2D eigenvalue weighted by atomic mass is 16.4. The van der Waals surface area contributed by atoms with E-state index in [2.05, 4.69) is 25.4 Å². The number of aryl methyl sites for hydroxylation is 1. The molecule has 2 N–H and O–H groups in total. The second kappa shape index (κ2) is 6.87. The summed E-state index contributed by atoms with van der Waals surface area (Å²) in [6, 6.07) is 15.5. The van der Waals surface area contributed by atoms with Gasteiger partial charge in [0.25, 0.3) is 0 Å². The van der Waals surface area contributed by atoms with Crippen molar-refractivity contribution in [3.05, 3.63) is 72.3 Å². The number of oxime groups is 1. The molecule has 0 bridgehead atoms. The van der Waals surface area contributed by atoms with Gasteiger partial charge in [-0.05, 0) is 43.7 Å². The summed E-state index contributed by atoms with van der Waals surface area (Å²) in [5, 5.41) is 15.3. The fraction of sp³-hybridized carbons (Fsp3) is 0.100. The lowest BCUT2D eigenvalue weighted by Gasteiger charge is -2.10. The minimum absolute atomic E-state index is 0.561. The van der Waals surface area contributed by atoms with Gasteiger partial charge in [0.15, 0.2) is 11.6 Å². The van der Waals surface area contributed by atoms with Gasteiger partial charge in [-0.25, -0.2) is 9.97 Å². The second-order valence-electron chi connectivity index (χ2n) is 6.13. The van der Waals surface area contributed by atoms with E-state index in [1.807, 2.05) is 60.0 Å². The largest absolute Gasteiger partial charge is 0.411 e. The van der Waals surface area contributed by atoms with Gasteiger partial charge in [0.2, 0.25) is 0 Å². The van der Waals surface area contributed by atoms with Crippen LogP contribution < -0.4 is 5.32 Å². The highest BCUT2D eigenvalue weighted by molar-refractivity contribution is 5.98. The number of aromatic nitrogens is 4. The number of nitrogens with zero attached hydrogens (tertiary/aromatic N) is 5. The van der Waals surface area contributed by atoms with Crippen molar-refractivity contribution >= 4 is 28.3 Å². The van der Waals surface area contributed by atoms with Crippen molar-refractivity contribution in [2.45, 2.75) is 13.8 Å². The molecule has 2 aromatic carbocycles. The lowest BCUT2D eigenvalue weighted by Crippen LogP contribution is -2.03. The molecule has 4 aromatic rings. The Morgan fingerprint density at radius 3 is 2.59 bits per heavy atom. The number of nitrogens with one attached hydrogen (secondary N) is 1. The van der Waals surface area contributed by atoms with Crippen LogP contribution >= 0.6 is 0 Å². The third-order valence-electron chi connectivity index (χ3n) is 4.30. The molecule has 2 aromatic heterocycles. The molecule has 7 nitrogen and oxygen atoms in total. The molecule has 0 radical (unpaired) electrons. The summed E-state index contributed by atoms with van der Waals surface area (Å²) in [4.78, 5) is 13.6. The molecule has 0 spiro atoms. The van der Waals surface area contributed by atoms with Crippen molar-refractivity contribution in [2.24, 2.45) is 5.16 Å². The average molecular weight is 358 g/mol. The van der Waals surface area contributed by atoms with Crippen LogP contribution in [0, 0.1) is 6.92 Å². The van der Waals surface area contributed by atoms with Crippen molar-refractivity contribution in [1.82, 2.24) is 19.5 Å². The van der Waals surface area contributed by atoms with Crippen molar-refractivity contribution in [3.8, 4) is 5.82 Å². The predicted octanol–water partition coefficient (Wildman–Crippen LogP) is 4.07. The highest BCUT2D eigenvalue weighted by Crippen LogP contribution is 2.21. The lowest BCUT2D eigenvalue weighted by molar-refractivity contribution is 0.319. The Morgan fingerprint density at radius 1 is 1.04 bits per heavy atom. The van der Waals surface area contributed by atoms with Crippen LogP contribution in [-0.4, -0.2) is 30.4 Å². The fourth-order valence-corrected chi connectivity index (χ4v) is 2.96. The van der Waals surface area contributed by atoms with Crippen LogP contribution in [0.3, 0.4) is 0 Å². The number of anilines is 2. The first-order chi connectivity index (χ1) is 13.2. The van der Waals surface area contributed by atoms with Crippen molar-refractivity contribution < 1.29 is 5.21 Å². The molecule has 0 atom stereocenters. The number of hydrogen-bond acceptors (Lipinski definition) is 6. The van der Waals surface area contributed by atoms with Crippen LogP contribution in [0.2, 0.25) is 0 Å². The van der Waals surface area contributed by atoms with Crippen LogP contribution in [-0.2, 0) is 0 Å². The van der Waals surface area contributed by atoms with Gasteiger partial charge in [-0.1, -0.05) is 29.4 Å². The Balaban J connectivity index is 1.66. The minimum atomic E-state index is 0.561. The first kappa shape index (κ1) is 16.7. The van der Waals surface area contributed by atoms with Crippen molar-refractivity contribution in [1.29, 1.82) is 0 Å². The molecule has 2 heterocycles. The van der Waals surface area contributed by atoms with Crippen molar-refractivity contribution in [2.75, 3.05) is 5.32 Å². The normalized spacial score (nSPS) is 11.7. The maximum absolute atomic E-state index is 8.86. The summed E-state index contributed by atoms with van der Waals surface area (Å²) >= 11 is 0. The van der Waals surface area contributed by atoms with Crippen molar-refractivity contribution in [3.63, 3.8) is 0 Å². The van der Waals surface area contributed by atoms with Gasteiger partial charge in [0.05, 0.1) is 29.1 Å². The lowest BCUT2D eigenvalue weighted by atomic mass is 10.1. The molecule has 0 saturated carbocycles. The maximum atomic E-state index is 8.86. The Labute approximate surface area is 156 Å². The molecule has 0 aliphatic heterocycles. The first-order valence-corrected chi connectivity index (χ1v) is 8.48. The van der Waals surface area contributed by atoms with E-state index in [0.29, 0.717) is 17.3 Å². The third-order valence-corrected chi connectivity index (χ3v) is 4.30. The van der Waals surface area contributed by atoms with Crippen LogP contribution in [0.5, 0.6) is 0 Å². The Morgan fingerprint density at radius 2 is 1.81 bits per heavy atom. The summed E-state index contributed by atoms with van der Waals surface area (Å²) in [5.74, 6) is 2.18. The highest BCUT2D eigenvalue weighted by Gasteiger charge is 2.11. The summed E-state index contributed by atoms with van der Waals surface area (Å²) in [6.07, 6.45) is 3.39. The Kier molecular flexibility index (Phi) is 4.25. The number of benzene rings is 2. The molecule has 0 unspecified atom stereocenters. The van der Waals surface area contributed by atoms with Gasteiger partial charge in [-0.2, -0.15) is 0 Å². The smallest absolute Gasteiger partial charge is 0.159 e. The van der Waals surface area contributed by atoms with E-state index in [1.54, 1.807) is 19.3 Å². The van der Waals surface area contributed by atoms with Crippen LogP contribution in [0.25, 0.3) is 16.9 Å². The van der Waals surface area contributed by atoms with E-state index >= 15 is 0 Å². The quantitative estimate of drug-likeness (QED) is 0.326. The Bertz CT molecular complexity index is 1130. The van der Waals surface area contributed by atoms with Crippen LogP contribution in [0.15, 0.2) is 66.1 Å². The number of fused-ring (bicyclic) bond motifs is 1. The average Bonchev–Trinajstić information content (AvgIpc) is 3.04. The molecule has 7 heteroatoms. The molecular weight excluding hydrogens is 340 g/mol. The second-order valence-corrected chi connectivity index (χ2v) is 6.13. The number of imidazole rings is 1. The zero-order valence-electron chi connectivity index (χ0n) is 15.0. The van der Waals surface area contributed by atoms with Gasteiger partial charge in [-0.3, -0.25) is 9.55 Å². The third kappa shape index (κ3) is 3.22. The molecule has 0 fully saturated rings.